The predicted octanol–water partition coefficient (Wildman–Crippen LogP) is 5.48. The zero-order chi connectivity index (χ0) is 22.9. The molecule has 0 spiro atoms. The maximum atomic E-state index is 13.3. The first-order chi connectivity index (χ1) is 16.0. The molecule has 1 aliphatic heterocycles. The van der Waals surface area contributed by atoms with Gasteiger partial charge in [-0.2, -0.15) is 0 Å². The van der Waals surface area contributed by atoms with Crippen molar-refractivity contribution in [1.82, 2.24) is 5.16 Å². The van der Waals surface area contributed by atoms with Gasteiger partial charge in [0.15, 0.2) is 0 Å². The van der Waals surface area contributed by atoms with E-state index in [1.54, 1.807) is 23.1 Å². The monoisotopic (exact) mass is 442 g/mol. The van der Waals surface area contributed by atoms with Crippen LogP contribution in [0.25, 0.3) is 17.0 Å². The number of aryl methyl sites for hydroxylation is 1. The Kier molecular flexibility index (Phi) is 5.58. The SMILES string of the molecule is Cc1ccc(C(O)=C2C(=O)C(=O)N(c3ccc(-c4ccon4)cc3)C2C2CCCCC2)cc1. The number of benzene rings is 2. The molecule has 1 amide bonds. The van der Waals surface area contributed by atoms with E-state index < -0.39 is 17.7 Å². The molecule has 6 heteroatoms. The molecule has 1 aromatic heterocycles. The standard InChI is InChI=1S/C27H26N2O4/c1-17-7-9-20(10-8-17)25(30)23-24(19-5-3-2-4-6-19)29(27(32)26(23)31)21-13-11-18(12-14-21)22-15-16-33-28-22/h7-16,19,24,30H,2-6H2,1H3. The molecule has 5 rings (SSSR count). The molecule has 1 saturated heterocycles. The van der Waals surface area contributed by atoms with Gasteiger partial charge in [0.25, 0.3) is 11.7 Å². The van der Waals surface area contributed by atoms with Gasteiger partial charge in [-0.25, -0.2) is 0 Å². The zero-order valence-electron chi connectivity index (χ0n) is 18.5. The molecule has 2 aliphatic rings. The molecule has 3 aromatic rings. The zero-order valence-corrected chi connectivity index (χ0v) is 18.5. The summed E-state index contributed by atoms with van der Waals surface area (Å²) < 4.78 is 4.92. The van der Waals surface area contributed by atoms with Gasteiger partial charge in [0.1, 0.15) is 17.7 Å². The minimum absolute atomic E-state index is 0.0920. The molecule has 0 radical (unpaired) electrons. The first-order valence-corrected chi connectivity index (χ1v) is 11.4. The lowest BCUT2D eigenvalue weighted by atomic mass is 9.80. The summed E-state index contributed by atoms with van der Waals surface area (Å²) in [7, 11) is 0. The van der Waals surface area contributed by atoms with E-state index in [2.05, 4.69) is 5.16 Å². The van der Waals surface area contributed by atoms with Crippen molar-refractivity contribution in [2.24, 2.45) is 5.92 Å². The fourth-order valence-corrected chi connectivity index (χ4v) is 5.06. The van der Waals surface area contributed by atoms with Crippen molar-refractivity contribution in [3.05, 3.63) is 77.6 Å². The number of carbonyl (C=O) groups is 2. The highest BCUT2D eigenvalue weighted by Gasteiger charge is 2.49. The molecule has 1 aliphatic carbocycles. The van der Waals surface area contributed by atoms with Crippen molar-refractivity contribution in [1.29, 1.82) is 0 Å². The summed E-state index contributed by atoms with van der Waals surface area (Å²) in [5, 5.41) is 15.1. The summed E-state index contributed by atoms with van der Waals surface area (Å²) in [6.07, 6.45) is 6.62. The minimum atomic E-state index is -0.621. The van der Waals surface area contributed by atoms with E-state index in [0.29, 0.717) is 16.9 Å². The van der Waals surface area contributed by atoms with Crippen LogP contribution in [0.3, 0.4) is 0 Å². The Morgan fingerprint density at radius 2 is 1.67 bits per heavy atom. The van der Waals surface area contributed by atoms with Crippen LogP contribution in [0.2, 0.25) is 0 Å². The fourth-order valence-electron chi connectivity index (χ4n) is 5.06. The third kappa shape index (κ3) is 3.86. The van der Waals surface area contributed by atoms with E-state index in [9.17, 15) is 14.7 Å². The van der Waals surface area contributed by atoms with Crippen LogP contribution in [0.1, 0.15) is 43.2 Å². The van der Waals surface area contributed by atoms with Crippen LogP contribution in [-0.2, 0) is 9.59 Å². The number of aromatic nitrogens is 1. The number of anilines is 1. The molecular formula is C27H26N2O4. The number of aliphatic hydroxyl groups is 1. The number of amides is 1. The van der Waals surface area contributed by atoms with Crippen molar-refractivity contribution in [2.75, 3.05) is 4.90 Å². The predicted molar refractivity (Wildman–Crippen MR) is 126 cm³/mol. The van der Waals surface area contributed by atoms with Crippen molar-refractivity contribution in [3.63, 3.8) is 0 Å². The number of hydrogen-bond donors (Lipinski definition) is 1. The van der Waals surface area contributed by atoms with Crippen molar-refractivity contribution in [3.8, 4) is 11.3 Å². The van der Waals surface area contributed by atoms with Crippen LogP contribution in [-0.4, -0.2) is 28.0 Å². The summed E-state index contributed by atoms with van der Waals surface area (Å²) >= 11 is 0. The number of hydrogen-bond acceptors (Lipinski definition) is 5. The fraction of sp³-hybridized carbons (Fsp3) is 0.296. The quantitative estimate of drug-likeness (QED) is 0.328. The third-order valence-corrected chi connectivity index (χ3v) is 6.79. The van der Waals surface area contributed by atoms with Gasteiger partial charge in [0.05, 0.1) is 11.6 Å². The van der Waals surface area contributed by atoms with Gasteiger partial charge in [-0.15, -0.1) is 0 Å². The average Bonchev–Trinajstić information content (AvgIpc) is 3.47. The Balaban J connectivity index is 1.59. The smallest absolute Gasteiger partial charge is 0.299 e. The summed E-state index contributed by atoms with van der Waals surface area (Å²) in [5.74, 6) is -1.18. The van der Waals surface area contributed by atoms with Gasteiger partial charge in [-0.05, 0) is 37.8 Å². The first-order valence-electron chi connectivity index (χ1n) is 11.4. The molecule has 2 fully saturated rings. The Morgan fingerprint density at radius 1 is 0.970 bits per heavy atom. The molecular weight excluding hydrogens is 416 g/mol. The van der Waals surface area contributed by atoms with Crippen molar-refractivity contribution >= 4 is 23.1 Å². The molecule has 6 nitrogen and oxygen atoms in total. The maximum Gasteiger partial charge on any atom is 0.299 e. The second kappa shape index (κ2) is 8.70. The second-order valence-corrected chi connectivity index (χ2v) is 8.91. The van der Waals surface area contributed by atoms with Crippen LogP contribution < -0.4 is 4.90 Å². The molecule has 1 unspecified atom stereocenters. The maximum absolute atomic E-state index is 13.3. The van der Waals surface area contributed by atoms with Gasteiger partial charge in [0.2, 0.25) is 0 Å². The summed E-state index contributed by atoms with van der Waals surface area (Å²) in [6.45, 7) is 1.97. The van der Waals surface area contributed by atoms with Gasteiger partial charge in [-0.1, -0.05) is 66.4 Å². The minimum Gasteiger partial charge on any atom is -0.507 e. The van der Waals surface area contributed by atoms with Crippen LogP contribution in [0.4, 0.5) is 5.69 Å². The molecule has 0 bridgehead atoms. The first kappa shape index (κ1) is 21.2. The number of aliphatic hydroxyl groups excluding tert-OH is 1. The van der Waals surface area contributed by atoms with E-state index >= 15 is 0 Å². The van der Waals surface area contributed by atoms with Gasteiger partial charge < -0.3 is 9.63 Å². The Hall–Kier alpha value is -3.67. The number of ketones is 1. The van der Waals surface area contributed by atoms with Crippen molar-refractivity contribution < 1.29 is 19.2 Å². The molecule has 1 atom stereocenters. The van der Waals surface area contributed by atoms with E-state index in [4.69, 9.17) is 4.52 Å². The van der Waals surface area contributed by atoms with Crippen LogP contribution in [0, 0.1) is 12.8 Å². The third-order valence-electron chi connectivity index (χ3n) is 6.79. The topological polar surface area (TPSA) is 83.6 Å². The number of carbonyl (C=O) groups excluding carboxylic acids is 2. The van der Waals surface area contributed by atoms with Crippen LogP contribution in [0.15, 0.2) is 71.0 Å². The van der Waals surface area contributed by atoms with Gasteiger partial charge in [-0.3, -0.25) is 14.5 Å². The highest BCUT2D eigenvalue weighted by Crippen LogP contribution is 2.41. The Bertz CT molecular complexity index is 1190. The highest BCUT2D eigenvalue weighted by atomic mass is 16.5. The molecule has 33 heavy (non-hydrogen) atoms. The summed E-state index contributed by atoms with van der Waals surface area (Å²) in [6, 6.07) is 16.1. The second-order valence-electron chi connectivity index (χ2n) is 8.91. The number of Topliss-reactive ketones (excluding diaryl/α,β-unsaturated/α-hetero) is 1. The molecule has 2 aromatic carbocycles. The lowest BCUT2D eigenvalue weighted by Crippen LogP contribution is -2.40. The van der Waals surface area contributed by atoms with Gasteiger partial charge >= 0.3 is 0 Å². The lowest BCUT2D eigenvalue weighted by Gasteiger charge is -2.34. The van der Waals surface area contributed by atoms with E-state index in [1.807, 2.05) is 43.3 Å². The van der Waals surface area contributed by atoms with E-state index in [-0.39, 0.29) is 17.3 Å². The normalized spacial score (nSPS) is 21.0. The molecule has 2 heterocycles. The van der Waals surface area contributed by atoms with Crippen molar-refractivity contribution in [2.45, 2.75) is 45.1 Å². The summed E-state index contributed by atoms with van der Waals surface area (Å²) in [4.78, 5) is 28.1. The Labute approximate surface area is 192 Å². The summed E-state index contributed by atoms with van der Waals surface area (Å²) in [5.41, 5.74) is 4.03. The Morgan fingerprint density at radius 3 is 2.30 bits per heavy atom. The largest absolute Gasteiger partial charge is 0.507 e. The molecule has 1 saturated carbocycles. The molecule has 1 N–H and O–H groups in total. The molecule has 168 valence electrons. The average molecular weight is 443 g/mol. The van der Waals surface area contributed by atoms with Crippen LogP contribution >= 0.6 is 0 Å². The van der Waals surface area contributed by atoms with Gasteiger partial charge in [0, 0.05) is 22.9 Å². The lowest BCUT2D eigenvalue weighted by molar-refractivity contribution is -0.132. The highest BCUT2D eigenvalue weighted by molar-refractivity contribution is 6.51. The van der Waals surface area contributed by atoms with E-state index in [0.717, 1.165) is 43.2 Å². The number of rotatable bonds is 4. The van der Waals surface area contributed by atoms with Crippen LogP contribution in [0.5, 0.6) is 0 Å². The van der Waals surface area contributed by atoms with E-state index in [1.165, 1.54) is 6.26 Å². The number of nitrogens with zero attached hydrogens (tertiary/aromatic N) is 2.